The molecular weight excluding hydrogens is 414 g/mol. The summed E-state index contributed by atoms with van der Waals surface area (Å²) in [4.78, 5) is 0.114. The predicted molar refractivity (Wildman–Crippen MR) is 116 cm³/mol. The topological polar surface area (TPSA) is 82.5 Å². The number of nitrogens with one attached hydrogen (secondary N) is 1. The highest BCUT2D eigenvalue weighted by Gasteiger charge is 2.24. The van der Waals surface area contributed by atoms with E-state index in [0.29, 0.717) is 17.2 Å². The Hall–Kier alpha value is -3.62. The van der Waals surface area contributed by atoms with Gasteiger partial charge in [0, 0.05) is 12.1 Å². The van der Waals surface area contributed by atoms with E-state index in [0.717, 1.165) is 16.8 Å². The van der Waals surface area contributed by atoms with Crippen molar-refractivity contribution in [2.24, 2.45) is 0 Å². The molecule has 3 aromatic carbocycles. The summed E-state index contributed by atoms with van der Waals surface area (Å²) in [6.45, 7) is 0.285. The monoisotopic (exact) mass is 433 g/mol. The lowest BCUT2D eigenvalue weighted by Gasteiger charge is -2.08. The number of para-hydroxylation sites is 1. The molecule has 0 atom stereocenters. The van der Waals surface area contributed by atoms with Crippen LogP contribution in [-0.2, 0) is 16.6 Å². The van der Waals surface area contributed by atoms with Crippen molar-refractivity contribution in [3.63, 3.8) is 0 Å². The summed E-state index contributed by atoms with van der Waals surface area (Å²) in [5, 5.41) is 4.58. The van der Waals surface area contributed by atoms with E-state index in [1.807, 2.05) is 66.7 Å². The molecule has 0 bridgehead atoms. The summed E-state index contributed by atoms with van der Waals surface area (Å²) in [5.41, 5.74) is 2.66. The van der Waals surface area contributed by atoms with Gasteiger partial charge in [0.2, 0.25) is 16.8 Å². The van der Waals surface area contributed by atoms with E-state index < -0.39 is 10.0 Å². The number of hydrogen-bond donors (Lipinski definition) is 1. The second-order valence-electron chi connectivity index (χ2n) is 7.00. The molecule has 2 heterocycles. The Morgan fingerprint density at radius 1 is 0.903 bits per heavy atom. The lowest BCUT2D eigenvalue weighted by atomic mass is 10.2. The molecule has 0 spiro atoms. The summed E-state index contributed by atoms with van der Waals surface area (Å²) in [6.07, 6.45) is 1.54. The van der Waals surface area contributed by atoms with Crippen LogP contribution in [0, 0.1) is 0 Å². The second kappa shape index (κ2) is 7.90. The van der Waals surface area contributed by atoms with E-state index in [-0.39, 0.29) is 18.2 Å². The SMILES string of the molecule is O=S(=O)(NCc1ccc2c(c1)OCO2)c1cn(-c2ccccc2)nc1-c1ccccc1. The maximum atomic E-state index is 13.3. The van der Waals surface area contributed by atoms with Crippen LogP contribution in [0.25, 0.3) is 16.9 Å². The van der Waals surface area contributed by atoms with Crippen LogP contribution in [0.1, 0.15) is 5.56 Å². The Morgan fingerprint density at radius 3 is 2.39 bits per heavy atom. The molecule has 7 nitrogen and oxygen atoms in total. The van der Waals surface area contributed by atoms with E-state index in [4.69, 9.17) is 9.47 Å². The van der Waals surface area contributed by atoms with Gasteiger partial charge in [0.25, 0.3) is 0 Å². The molecule has 1 aliphatic heterocycles. The molecule has 0 unspecified atom stereocenters. The Kier molecular flexibility index (Phi) is 4.93. The second-order valence-corrected chi connectivity index (χ2v) is 8.74. The predicted octanol–water partition coefficient (Wildman–Crippen LogP) is 3.75. The minimum absolute atomic E-state index is 0.114. The van der Waals surface area contributed by atoms with Gasteiger partial charge in [-0.15, -0.1) is 0 Å². The van der Waals surface area contributed by atoms with Gasteiger partial charge in [0.1, 0.15) is 10.6 Å². The molecule has 0 saturated carbocycles. The van der Waals surface area contributed by atoms with Gasteiger partial charge in [-0.05, 0) is 29.8 Å². The number of nitrogens with zero attached hydrogens (tertiary/aromatic N) is 2. The molecule has 31 heavy (non-hydrogen) atoms. The minimum Gasteiger partial charge on any atom is -0.454 e. The first kappa shape index (κ1) is 19.3. The molecule has 1 N–H and O–H groups in total. The van der Waals surface area contributed by atoms with Crippen molar-refractivity contribution in [3.8, 4) is 28.4 Å². The van der Waals surface area contributed by atoms with Crippen molar-refractivity contribution in [1.82, 2.24) is 14.5 Å². The summed E-state index contributed by atoms with van der Waals surface area (Å²) in [5.74, 6) is 1.26. The van der Waals surface area contributed by atoms with E-state index in [9.17, 15) is 8.42 Å². The summed E-state index contributed by atoms with van der Waals surface area (Å²) in [6, 6.07) is 24.0. The zero-order valence-electron chi connectivity index (χ0n) is 16.4. The largest absolute Gasteiger partial charge is 0.454 e. The van der Waals surface area contributed by atoms with Crippen LogP contribution in [0.3, 0.4) is 0 Å². The standard InChI is InChI=1S/C23H19N3O4S/c27-31(28,24-14-17-11-12-20-21(13-17)30-16-29-20)22-15-26(19-9-5-2-6-10-19)25-23(22)18-7-3-1-4-8-18/h1-13,15,24H,14,16H2. The van der Waals surface area contributed by atoms with Crippen molar-refractivity contribution in [1.29, 1.82) is 0 Å². The fraction of sp³-hybridized carbons (Fsp3) is 0.0870. The number of benzene rings is 3. The van der Waals surface area contributed by atoms with Crippen LogP contribution < -0.4 is 14.2 Å². The molecule has 1 aromatic heterocycles. The third-order valence-electron chi connectivity index (χ3n) is 4.94. The maximum absolute atomic E-state index is 13.3. The van der Waals surface area contributed by atoms with E-state index in [1.165, 1.54) is 0 Å². The van der Waals surface area contributed by atoms with Crippen LogP contribution in [0.4, 0.5) is 0 Å². The van der Waals surface area contributed by atoms with Crippen molar-refractivity contribution >= 4 is 10.0 Å². The van der Waals surface area contributed by atoms with Crippen molar-refractivity contribution in [2.45, 2.75) is 11.4 Å². The lowest BCUT2D eigenvalue weighted by Crippen LogP contribution is -2.23. The van der Waals surface area contributed by atoms with E-state index >= 15 is 0 Å². The van der Waals surface area contributed by atoms with Crippen LogP contribution in [0.15, 0.2) is 90.0 Å². The van der Waals surface area contributed by atoms with Gasteiger partial charge in [0.05, 0.1) is 11.9 Å². The number of ether oxygens (including phenoxy) is 2. The molecular formula is C23H19N3O4S. The normalized spacial score (nSPS) is 12.8. The fourth-order valence-corrected chi connectivity index (χ4v) is 4.53. The lowest BCUT2D eigenvalue weighted by molar-refractivity contribution is 0.174. The highest BCUT2D eigenvalue weighted by molar-refractivity contribution is 7.89. The summed E-state index contributed by atoms with van der Waals surface area (Å²) >= 11 is 0. The number of sulfonamides is 1. The van der Waals surface area contributed by atoms with Crippen LogP contribution in [0.5, 0.6) is 11.5 Å². The first-order valence-corrected chi connectivity index (χ1v) is 11.2. The smallest absolute Gasteiger partial charge is 0.244 e. The van der Waals surface area contributed by atoms with Gasteiger partial charge in [-0.3, -0.25) is 0 Å². The molecule has 0 aliphatic carbocycles. The molecule has 0 saturated heterocycles. The van der Waals surface area contributed by atoms with Crippen molar-refractivity contribution in [2.75, 3.05) is 6.79 Å². The van der Waals surface area contributed by atoms with Gasteiger partial charge in [0.15, 0.2) is 11.5 Å². The third kappa shape index (κ3) is 3.90. The molecule has 0 fully saturated rings. The van der Waals surface area contributed by atoms with Crippen LogP contribution in [-0.4, -0.2) is 25.0 Å². The molecule has 1 aliphatic rings. The average Bonchev–Trinajstić information content (AvgIpc) is 3.46. The number of hydrogen-bond acceptors (Lipinski definition) is 5. The first-order chi connectivity index (χ1) is 15.1. The van der Waals surface area contributed by atoms with Gasteiger partial charge >= 0.3 is 0 Å². The molecule has 0 radical (unpaired) electrons. The molecule has 5 rings (SSSR count). The van der Waals surface area contributed by atoms with Gasteiger partial charge in [-0.1, -0.05) is 54.6 Å². The summed E-state index contributed by atoms with van der Waals surface area (Å²) in [7, 11) is -3.84. The molecule has 4 aromatic rings. The van der Waals surface area contributed by atoms with Crippen molar-refractivity contribution in [3.05, 3.63) is 90.6 Å². The highest BCUT2D eigenvalue weighted by atomic mass is 32.2. The fourth-order valence-electron chi connectivity index (χ4n) is 3.37. The number of aromatic nitrogens is 2. The molecule has 0 amide bonds. The van der Waals surface area contributed by atoms with Crippen molar-refractivity contribution < 1.29 is 17.9 Å². The number of rotatable bonds is 6. The van der Waals surface area contributed by atoms with Crippen LogP contribution in [0.2, 0.25) is 0 Å². The van der Waals surface area contributed by atoms with Gasteiger partial charge < -0.3 is 9.47 Å². The first-order valence-electron chi connectivity index (χ1n) is 9.69. The maximum Gasteiger partial charge on any atom is 0.244 e. The van der Waals surface area contributed by atoms with Gasteiger partial charge in [-0.25, -0.2) is 17.8 Å². The average molecular weight is 433 g/mol. The zero-order chi connectivity index (χ0) is 21.3. The molecule has 156 valence electrons. The quantitative estimate of drug-likeness (QED) is 0.501. The third-order valence-corrected chi connectivity index (χ3v) is 6.34. The number of fused-ring (bicyclic) bond motifs is 1. The Morgan fingerprint density at radius 2 is 1.61 bits per heavy atom. The Labute approximate surface area is 179 Å². The minimum atomic E-state index is -3.84. The van der Waals surface area contributed by atoms with E-state index in [2.05, 4.69) is 9.82 Å². The summed E-state index contributed by atoms with van der Waals surface area (Å²) < 4.78 is 41.5. The Bertz CT molecular complexity index is 1320. The highest BCUT2D eigenvalue weighted by Crippen LogP contribution is 2.33. The Balaban J connectivity index is 1.49. The van der Waals surface area contributed by atoms with Crippen LogP contribution >= 0.6 is 0 Å². The van der Waals surface area contributed by atoms with Gasteiger partial charge in [-0.2, -0.15) is 5.10 Å². The zero-order valence-corrected chi connectivity index (χ0v) is 17.2. The van der Waals surface area contributed by atoms with E-state index in [1.54, 1.807) is 23.0 Å². The molecule has 8 heteroatoms.